The van der Waals surface area contributed by atoms with E-state index in [1.807, 2.05) is 25.2 Å². The number of halogens is 1. The summed E-state index contributed by atoms with van der Waals surface area (Å²) in [6.07, 6.45) is 1.52. The molecule has 0 radical (unpaired) electrons. The van der Waals surface area contributed by atoms with E-state index in [1.54, 1.807) is 36.4 Å². The van der Waals surface area contributed by atoms with Crippen LogP contribution >= 0.6 is 34.9 Å². The zero-order valence-corrected chi connectivity index (χ0v) is 20.4. The van der Waals surface area contributed by atoms with E-state index in [4.69, 9.17) is 11.6 Å². The number of urea groups is 1. The SMILES string of the molecule is CN1CCN=C1c1ccc2c(=O)n(-c3ccc(NC(=O)NSc4ccc(Cl)s4)cc3)cnc2c1. The van der Waals surface area contributed by atoms with Gasteiger partial charge in [0.15, 0.2) is 0 Å². The molecule has 0 unspecified atom stereocenters. The van der Waals surface area contributed by atoms with Gasteiger partial charge in [0.05, 0.1) is 31.7 Å². The largest absolute Gasteiger partial charge is 0.358 e. The summed E-state index contributed by atoms with van der Waals surface area (Å²) in [6.45, 7) is 1.66. The van der Waals surface area contributed by atoms with E-state index in [0.29, 0.717) is 26.6 Å². The van der Waals surface area contributed by atoms with Crippen LogP contribution in [0.15, 0.2) is 74.9 Å². The van der Waals surface area contributed by atoms with Gasteiger partial charge in [-0.3, -0.25) is 19.1 Å². The quantitative estimate of drug-likeness (QED) is 0.382. The molecule has 0 spiro atoms. The number of rotatable bonds is 5. The molecule has 0 bridgehead atoms. The van der Waals surface area contributed by atoms with Crippen molar-refractivity contribution in [1.29, 1.82) is 0 Å². The van der Waals surface area contributed by atoms with E-state index in [1.165, 1.54) is 34.2 Å². The van der Waals surface area contributed by atoms with Crippen molar-refractivity contribution >= 4 is 63.3 Å². The van der Waals surface area contributed by atoms with Gasteiger partial charge in [0, 0.05) is 24.8 Å². The second kappa shape index (κ2) is 9.49. The number of benzene rings is 2. The smallest absolute Gasteiger partial charge is 0.329 e. The third-order valence-corrected chi connectivity index (χ3v) is 7.42. The van der Waals surface area contributed by atoms with Crippen LogP contribution < -0.4 is 15.6 Å². The number of amides is 2. The second-order valence-corrected chi connectivity index (χ2v) is 10.4. The monoisotopic (exact) mass is 510 g/mol. The predicted molar refractivity (Wildman–Crippen MR) is 139 cm³/mol. The van der Waals surface area contributed by atoms with Crippen LogP contribution in [0.25, 0.3) is 16.6 Å². The van der Waals surface area contributed by atoms with Gasteiger partial charge in [-0.1, -0.05) is 17.7 Å². The molecule has 1 aliphatic heterocycles. The lowest BCUT2D eigenvalue weighted by molar-refractivity contribution is 0.257. The van der Waals surface area contributed by atoms with Gasteiger partial charge in [-0.05, 0) is 60.5 Å². The Hall–Kier alpha value is -3.34. The minimum absolute atomic E-state index is 0.164. The van der Waals surface area contributed by atoms with Crippen LogP contribution in [0.3, 0.4) is 0 Å². The number of likely N-dealkylation sites (N-methyl/N-ethyl adjacent to an activating group) is 1. The molecule has 2 N–H and O–H groups in total. The third kappa shape index (κ3) is 4.65. The number of aromatic nitrogens is 2. The summed E-state index contributed by atoms with van der Waals surface area (Å²) >= 11 is 8.47. The van der Waals surface area contributed by atoms with Crippen molar-refractivity contribution in [3.05, 3.63) is 81.2 Å². The highest BCUT2D eigenvalue weighted by atomic mass is 35.5. The minimum Gasteiger partial charge on any atom is -0.358 e. The number of fused-ring (bicyclic) bond motifs is 1. The van der Waals surface area contributed by atoms with Crippen LogP contribution in [0.2, 0.25) is 4.34 Å². The molecule has 4 aromatic rings. The van der Waals surface area contributed by atoms with Crippen LogP contribution in [-0.2, 0) is 0 Å². The zero-order chi connectivity index (χ0) is 23.7. The van der Waals surface area contributed by atoms with E-state index in [2.05, 4.69) is 24.9 Å². The molecule has 0 saturated heterocycles. The summed E-state index contributed by atoms with van der Waals surface area (Å²) < 4.78 is 5.74. The Morgan fingerprint density at radius 1 is 1.15 bits per heavy atom. The van der Waals surface area contributed by atoms with Gasteiger partial charge in [-0.25, -0.2) is 9.78 Å². The number of carbonyl (C=O) groups is 1. The first-order valence-electron chi connectivity index (χ1n) is 10.3. The summed E-state index contributed by atoms with van der Waals surface area (Å²) in [7, 11) is 2.00. The molecule has 0 aliphatic carbocycles. The van der Waals surface area contributed by atoms with Crippen LogP contribution in [0.5, 0.6) is 0 Å². The first-order valence-corrected chi connectivity index (χ1v) is 12.4. The van der Waals surface area contributed by atoms with Crippen molar-refractivity contribution in [2.24, 2.45) is 4.99 Å². The first kappa shape index (κ1) is 22.5. The van der Waals surface area contributed by atoms with Crippen LogP contribution in [-0.4, -0.2) is 46.5 Å². The van der Waals surface area contributed by atoms with Crippen molar-refractivity contribution in [3.63, 3.8) is 0 Å². The fourth-order valence-electron chi connectivity index (χ4n) is 3.60. The number of thiophene rings is 1. The maximum atomic E-state index is 13.1. The van der Waals surface area contributed by atoms with E-state index < -0.39 is 0 Å². The Bertz CT molecular complexity index is 1460. The van der Waals surface area contributed by atoms with Gasteiger partial charge in [-0.2, -0.15) is 0 Å². The highest BCUT2D eigenvalue weighted by molar-refractivity contribution is 7.99. The molecular formula is C23H19ClN6O2S2. The summed E-state index contributed by atoms with van der Waals surface area (Å²) in [5.41, 5.74) is 2.66. The molecule has 0 atom stereocenters. The number of nitrogens with one attached hydrogen (secondary N) is 2. The van der Waals surface area contributed by atoms with E-state index in [0.717, 1.165) is 28.7 Å². The molecule has 0 fully saturated rings. The average Bonchev–Trinajstić information content (AvgIpc) is 3.46. The molecule has 172 valence electrons. The molecule has 0 saturated carbocycles. The van der Waals surface area contributed by atoms with E-state index in [-0.39, 0.29) is 11.6 Å². The molecule has 2 aromatic carbocycles. The minimum atomic E-state index is -0.361. The maximum Gasteiger partial charge on any atom is 0.329 e. The number of nitrogens with zero attached hydrogens (tertiary/aromatic N) is 4. The van der Waals surface area contributed by atoms with Gasteiger partial charge in [0.2, 0.25) is 0 Å². The summed E-state index contributed by atoms with van der Waals surface area (Å²) in [6, 6.07) is 15.8. The van der Waals surface area contributed by atoms with Gasteiger partial charge in [0.1, 0.15) is 12.2 Å². The molecule has 2 amide bonds. The molecule has 1 aliphatic rings. The normalized spacial score (nSPS) is 13.2. The lowest BCUT2D eigenvalue weighted by Gasteiger charge is -2.14. The van der Waals surface area contributed by atoms with Crippen LogP contribution in [0.1, 0.15) is 5.56 Å². The highest BCUT2D eigenvalue weighted by Gasteiger charge is 2.16. The molecule has 5 rings (SSSR count). The van der Waals surface area contributed by atoms with E-state index >= 15 is 0 Å². The summed E-state index contributed by atoms with van der Waals surface area (Å²) in [5, 5.41) is 3.29. The maximum absolute atomic E-state index is 13.1. The van der Waals surface area contributed by atoms with Crippen molar-refractivity contribution in [2.75, 3.05) is 25.5 Å². The molecule has 11 heteroatoms. The molecular weight excluding hydrogens is 492 g/mol. The first-order chi connectivity index (χ1) is 16.5. The topological polar surface area (TPSA) is 91.6 Å². The molecule has 3 heterocycles. The van der Waals surface area contributed by atoms with Crippen molar-refractivity contribution in [3.8, 4) is 5.69 Å². The fraction of sp³-hybridized carbons (Fsp3) is 0.130. The second-order valence-electron chi connectivity index (χ2n) is 7.54. The number of anilines is 1. The van der Waals surface area contributed by atoms with Crippen molar-refractivity contribution in [1.82, 2.24) is 19.2 Å². The highest BCUT2D eigenvalue weighted by Crippen LogP contribution is 2.28. The Balaban J connectivity index is 1.31. The van der Waals surface area contributed by atoms with Gasteiger partial charge in [-0.15, -0.1) is 11.3 Å². The Morgan fingerprint density at radius 3 is 2.68 bits per heavy atom. The molecule has 8 nitrogen and oxygen atoms in total. The van der Waals surface area contributed by atoms with Crippen molar-refractivity contribution < 1.29 is 4.79 Å². The predicted octanol–water partition coefficient (Wildman–Crippen LogP) is 4.62. The van der Waals surface area contributed by atoms with Crippen molar-refractivity contribution in [2.45, 2.75) is 4.21 Å². The van der Waals surface area contributed by atoms with Gasteiger partial charge >= 0.3 is 6.03 Å². The summed E-state index contributed by atoms with van der Waals surface area (Å²) in [4.78, 5) is 36.4. The van der Waals surface area contributed by atoms with Gasteiger partial charge < -0.3 is 10.2 Å². The number of hydrogen-bond acceptors (Lipinski definition) is 7. The molecule has 2 aromatic heterocycles. The number of hydrogen-bond donors (Lipinski definition) is 2. The fourth-order valence-corrected chi connectivity index (χ4v) is 5.46. The van der Waals surface area contributed by atoms with Crippen LogP contribution in [0.4, 0.5) is 10.5 Å². The van der Waals surface area contributed by atoms with E-state index in [9.17, 15) is 9.59 Å². The third-order valence-electron chi connectivity index (χ3n) is 5.27. The number of aliphatic imine (C=N–C) groups is 1. The van der Waals surface area contributed by atoms with Gasteiger partial charge in [0.25, 0.3) is 5.56 Å². The number of amidine groups is 1. The lowest BCUT2D eigenvalue weighted by atomic mass is 10.1. The van der Waals surface area contributed by atoms with Crippen LogP contribution in [0, 0.1) is 0 Å². The zero-order valence-electron chi connectivity index (χ0n) is 18.0. The Morgan fingerprint density at radius 2 is 1.97 bits per heavy atom. The number of carbonyl (C=O) groups excluding carboxylic acids is 1. The Kier molecular flexibility index (Phi) is 6.27. The molecule has 34 heavy (non-hydrogen) atoms. The average molecular weight is 511 g/mol. The Labute approximate surface area is 208 Å². The standard InChI is InChI=1S/C23H19ClN6O2S2/c1-29-11-10-25-21(29)14-2-7-17-18(12-14)26-13-30(22(17)31)16-5-3-15(4-6-16)27-23(32)28-34-20-9-8-19(24)33-20/h2-9,12-13H,10-11H2,1H3,(H2,27,28,32). The summed E-state index contributed by atoms with van der Waals surface area (Å²) in [5.74, 6) is 0.914. The lowest BCUT2D eigenvalue weighted by Crippen LogP contribution is -2.24.